The summed E-state index contributed by atoms with van der Waals surface area (Å²) in [6.45, 7) is 6.91. The second kappa shape index (κ2) is 10.0. The van der Waals surface area contributed by atoms with Crippen LogP contribution in [-0.4, -0.2) is 60.4 Å². The number of hydrogen-bond donors (Lipinski definition) is 1. The van der Waals surface area contributed by atoms with Crippen LogP contribution in [0, 0.1) is 6.92 Å². The van der Waals surface area contributed by atoms with Gasteiger partial charge in [0.1, 0.15) is 0 Å². The number of nitrogens with zero attached hydrogens (tertiary/aromatic N) is 2. The van der Waals surface area contributed by atoms with E-state index in [0.29, 0.717) is 24.3 Å². The number of benzene rings is 2. The molecule has 7 nitrogen and oxygen atoms in total. The molecule has 0 aromatic heterocycles. The summed E-state index contributed by atoms with van der Waals surface area (Å²) in [5, 5.41) is 2.63. The van der Waals surface area contributed by atoms with E-state index < -0.39 is 5.97 Å². The normalized spacial score (nSPS) is 14.3. The van der Waals surface area contributed by atoms with Crippen LogP contribution in [0.25, 0.3) is 0 Å². The van der Waals surface area contributed by atoms with Crippen LogP contribution in [0.4, 0.5) is 5.69 Å². The average Bonchev–Trinajstić information content (AvgIpc) is 2.72. The van der Waals surface area contributed by atoms with Crippen LogP contribution >= 0.6 is 0 Å². The van der Waals surface area contributed by atoms with Gasteiger partial charge in [-0.05, 0) is 36.8 Å². The molecule has 7 heteroatoms. The molecule has 1 aliphatic rings. The smallest absolute Gasteiger partial charge is 0.338 e. The third kappa shape index (κ3) is 6.15. The molecule has 158 valence electrons. The van der Waals surface area contributed by atoms with Crippen LogP contribution in [0.15, 0.2) is 48.5 Å². The molecule has 1 saturated heterocycles. The van der Waals surface area contributed by atoms with Crippen molar-refractivity contribution < 1.29 is 19.1 Å². The van der Waals surface area contributed by atoms with Crippen LogP contribution in [0.3, 0.4) is 0 Å². The van der Waals surface area contributed by atoms with Crippen molar-refractivity contribution in [1.29, 1.82) is 0 Å². The van der Waals surface area contributed by atoms with E-state index in [0.717, 1.165) is 19.6 Å². The first-order valence-electron chi connectivity index (χ1n) is 10.0. The SMILES string of the molecule is CC(=O)Nc1ccc(C(=O)OCC(=O)N2CCN(Cc3cccc(C)c3)CC2)cc1. The first-order valence-corrected chi connectivity index (χ1v) is 10.0. The van der Waals surface area contributed by atoms with Crippen molar-refractivity contribution in [3.05, 3.63) is 65.2 Å². The summed E-state index contributed by atoms with van der Waals surface area (Å²) in [7, 11) is 0. The van der Waals surface area contributed by atoms with Crippen LogP contribution in [0.5, 0.6) is 0 Å². The van der Waals surface area contributed by atoms with Crippen molar-refractivity contribution in [1.82, 2.24) is 9.80 Å². The Balaban J connectivity index is 1.42. The Morgan fingerprint density at radius 3 is 2.33 bits per heavy atom. The van der Waals surface area contributed by atoms with Gasteiger partial charge in [-0.25, -0.2) is 4.79 Å². The summed E-state index contributed by atoms with van der Waals surface area (Å²) in [6, 6.07) is 14.8. The Kier molecular flexibility index (Phi) is 7.19. The molecule has 1 heterocycles. The molecular weight excluding hydrogens is 382 g/mol. The van der Waals surface area contributed by atoms with Crippen LogP contribution in [-0.2, 0) is 20.9 Å². The zero-order valence-corrected chi connectivity index (χ0v) is 17.4. The minimum atomic E-state index is -0.559. The number of ether oxygens (including phenoxy) is 1. The Bertz CT molecular complexity index is 903. The zero-order chi connectivity index (χ0) is 21.5. The van der Waals surface area contributed by atoms with Gasteiger partial charge in [-0.3, -0.25) is 14.5 Å². The Labute approximate surface area is 176 Å². The monoisotopic (exact) mass is 409 g/mol. The number of carbonyl (C=O) groups is 3. The molecule has 1 N–H and O–H groups in total. The second-order valence-electron chi connectivity index (χ2n) is 7.48. The van der Waals surface area contributed by atoms with Crippen molar-refractivity contribution in [3.8, 4) is 0 Å². The van der Waals surface area contributed by atoms with Gasteiger partial charge in [0.25, 0.3) is 5.91 Å². The van der Waals surface area contributed by atoms with Gasteiger partial charge in [0.05, 0.1) is 5.56 Å². The summed E-state index contributed by atoms with van der Waals surface area (Å²) < 4.78 is 5.17. The molecule has 2 aromatic rings. The maximum atomic E-state index is 12.4. The predicted octanol–water partition coefficient (Wildman–Crippen LogP) is 2.45. The van der Waals surface area contributed by atoms with E-state index in [1.165, 1.54) is 18.1 Å². The number of esters is 1. The summed E-state index contributed by atoms with van der Waals surface area (Å²) in [4.78, 5) is 39.7. The second-order valence-corrected chi connectivity index (χ2v) is 7.48. The molecule has 0 spiro atoms. The average molecular weight is 409 g/mol. The summed E-state index contributed by atoms with van der Waals surface area (Å²) in [5.74, 6) is -0.931. The highest BCUT2D eigenvalue weighted by Crippen LogP contribution is 2.12. The van der Waals surface area contributed by atoms with Gasteiger partial charge < -0.3 is 15.0 Å². The molecule has 0 saturated carbocycles. The van der Waals surface area contributed by atoms with E-state index in [-0.39, 0.29) is 18.4 Å². The Morgan fingerprint density at radius 2 is 1.70 bits per heavy atom. The maximum absolute atomic E-state index is 12.4. The molecule has 0 radical (unpaired) electrons. The molecule has 0 unspecified atom stereocenters. The van der Waals surface area contributed by atoms with Gasteiger partial charge in [0, 0.05) is 45.3 Å². The minimum absolute atomic E-state index is 0.185. The number of amides is 2. The molecule has 0 aliphatic carbocycles. The first-order chi connectivity index (χ1) is 14.4. The molecular formula is C23H27N3O4. The quantitative estimate of drug-likeness (QED) is 0.742. The third-order valence-electron chi connectivity index (χ3n) is 4.98. The van der Waals surface area contributed by atoms with E-state index in [9.17, 15) is 14.4 Å². The molecule has 30 heavy (non-hydrogen) atoms. The highest BCUT2D eigenvalue weighted by Gasteiger charge is 2.22. The van der Waals surface area contributed by atoms with Crippen molar-refractivity contribution in [3.63, 3.8) is 0 Å². The molecule has 1 aliphatic heterocycles. The Hall–Kier alpha value is -3.19. The number of rotatable bonds is 6. The summed E-state index contributed by atoms with van der Waals surface area (Å²) >= 11 is 0. The van der Waals surface area contributed by atoms with Gasteiger partial charge in [0.15, 0.2) is 6.61 Å². The highest BCUT2D eigenvalue weighted by atomic mass is 16.5. The topological polar surface area (TPSA) is 78.9 Å². The number of aryl methyl sites for hydroxylation is 1. The van der Waals surface area contributed by atoms with Crippen molar-refractivity contribution in [2.75, 3.05) is 38.1 Å². The lowest BCUT2D eigenvalue weighted by atomic mass is 10.1. The van der Waals surface area contributed by atoms with Gasteiger partial charge in [0.2, 0.25) is 5.91 Å². The number of carbonyl (C=O) groups excluding carboxylic acids is 3. The molecule has 1 fully saturated rings. The fourth-order valence-corrected chi connectivity index (χ4v) is 3.42. The summed E-state index contributed by atoms with van der Waals surface area (Å²) in [6.07, 6.45) is 0. The lowest BCUT2D eigenvalue weighted by Gasteiger charge is -2.34. The lowest BCUT2D eigenvalue weighted by Crippen LogP contribution is -2.49. The van der Waals surface area contributed by atoms with Crippen molar-refractivity contribution in [2.24, 2.45) is 0 Å². The standard InChI is InChI=1S/C23H27N3O4/c1-17-4-3-5-19(14-17)15-25-10-12-26(13-11-25)22(28)16-30-23(29)20-6-8-21(9-7-20)24-18(2)27/h3-9,14H,10-13,15-16H2,1-2H3,(H,24,27). The molecule has 3 rings (SSSR count). The van der Waals surface area contributed by atoms with Gasteiger partial charge in [-0.15, -0.1) is 0 Å². The number of piperazine rings is 1. The van der Waals surface area contributed by atoms with Gasteiger partial charge >= 0.3 is 5.97 Å². The number of anilines is 1. The third-order valence-corrected chi connectivity index (χ3v) is 4.98. The molecule has 2 amide bonds. The van der Waals surface area contributed by atoms with E-state index in [1.54, 1.807) is 29.2 Å². The van der Waals surface area contributed by atoms with E-state index in [4.69, 9.17) is 4.74 Å². The maximum Gasteiger partial charge on any atom is 0.338 e. The zero-order valence-electron chi connectivity index (χ0n) is 17.4. The largest absolute Gasteiger partial charge is 0.452 e. The van der Waals surface area contributed by atoms with E-state index >= 15 is 0 Å². The number of hydrogen-bond acceptors (Lipinski definition) is 5. The predicted molar refractivity (Wildman–Crippen MR) is 114 cm³/mol. The van der Waals surface area contributed by atoms with Crippen LogP contribution in [0.2, 0.25) is 0 Å². The highest BCUT2D eigenvalue weighted by molar-refractivity contribution is 5.93. The van der Waals surface area contributed by atoms with Crippen LogP contribution in [0.1, 0.15) is 28.4 Å². The molecule has 2 aromatic carbocycles. The fourth-order valence-electron chi connectivity index (χ4n) is 3.42. The van der Waals surface area contributed by atoms with Crippen molar-refractivity contribution >= 4 is 23.5 Å². The van der Waals surface area contributed by atoms with E-state index in [2.05, 4.69) is 41.4 Å². The number of nitrogens with one attached hydrogen (secondary N) is 1. The fraction of sp³-hybridized carbons (Fsp3) is 0.348. The van der Waals surface area contributed by atoms with Gasteiger partial charge in [-0.2, -0.15) is 0 Å². The Morgan fingerprint density at radius 1 is 1.00 bits per heavy atom. The van der Waals surface area contributed by atoms with Crippen LogP contribution < -0.4 is 5.32 Å². The lowest BCUT2D eigenvalue weighted by molar-refractivity contribution is -0.136. The first kappa shape index (κ1) is 21.5. The summed E-state index contributed by atoms with van der Waals surface area (Å²) in [5.41, 5.74) is 3.44. The minimum Gasteiger partial charge on any atom is -0.452 e. The van der Waals surface area contributed by atoms with Gasteiger partial charge in [-0.1, -0.05) is 29.8 Å². The molecule has 0 atom stereocenters. The van der Waals surface area contributed by atoms with Crippen molar-refractivity contribution in [2.45, 2.75) is 20.4 Å². The van der Waals surface area contributed by atoms with E-state index in [1.807, 2.05) is 0 Å². The molecule has 0 bridgehead atoms.